The molecule has 0 saturated heterocycles. The van der Waals surface area contributed by atoms with Gasteiger partial charge in [-0.3, -0.25) is 4.79 Å². The number of carbonyl (C=O) groups is 4. The Labute approximate surface area is 177 Å². The van der Waals surface area contributed by atoms with Crippen LogP contribution in [-0.2, 0) is 19.1 Å². The number of carbonyl (C=O) groups excluding carboxylic acids is 4. The number of ether oxygens (including phenoxy) is 1. The maximum atomic E-state index is 11.4. The number of nitrogens with one attached hydrogen (secondary N) is 2. The molecule has 0 spiro atoms. The van der Waals surface area contributed by atoms with Crippen molar-refractivity contribution >= 4 is 23.9 Å². The van der Waals surface area contributed by atoms with Crippen molar-refractivity contribution in [1.29, 1.82) is 0 Å². The molecule has 0 aromatic carbocycles. The first-order valence-corrected chi connectivity index (χ1v) is 7.68. The molecule has 1 atom stereocenters. The van der Waals surface area contributed by atoms with Crippen molar-refractivity contribution in [2.24, 2.45) is 0 Å². The third kappa shape index (κ3) is 17.7. The van der Waals surface area contributed by atoms with Crippen LogP contribution in [0.15, 0.2) is 0 Å². The normalized spacial score (nSPS) is 11.2. The molecule has 138 valence electrons. The van der Waals surface area contributed by atoms with Crippen molar-refractivity contribution < 1.29 is 71.8 Å². The second kappa shape index (κ2) is 15.0. The van der Waals surface area contributed by atoms with Crippen LogP contribution in [0.2, 0.25) is 0 Å². The zero-order valence-corrected chi connectivity index (χ0v) is 16.2. The monoisotopic (exact) mass is 358 g/mol. The summed E-state index contributed by atoms with van der Waals surface area (Å²) in [5.41, 5.74) is -0.597. The van der Waals surface area contributed by atoms with E-state index >= 15 is 0 Å². The Balaban J connectivity index is -0.00000264. The van der Waals surface area contributed by atoms with Gasteiger partial charge in [-0.15, -0.1) is 0 Å². The first-order chi connectivity index (χ1) is 11.0. The van der Waals surface area contributed by atoms with Crippen LogP contribution in [0, 0.1) is 0 Å². The predicted molar refractivity (Wildman–Crippen MR) is 79.3 cm³/mol. The summed E-state index contributed by atoms with van der Waals surface area (Å²) in [6, 6.07) is -1.21. The molecule has 0 saturated carbocycles. The zero-order valence-electron chi connectivity index (χ0n) is 16.2. The number of unbranched alkanes of at least 4 members (excludes halogenated alkanes) is 1. The number of amides is 2. The van der Waals surface area contributed by atoms with E-state index in [1.54, 1.807) is 20.8 Å². The number of hydrogen-bond donors (Lipinski definition) is 2. The van der Waals surface area contributed by atoms with Gasteiger partial charge in [0, 0.05) is 18.9 Å². The summed E-state index contributed by atoms with van der Waals surface area (Å²) in [5.74, 6) is -3.53. The van der Waals surface area contributed by atoms with E-state index in [0.717, 1.165) is 0 Å². The maximum absolute atomic E-state index is 11.4. The zero-order chi connectivity index (χ0) is 18.8. The molecule has 26 heavy (non-hydrogen) atoms. The van der Waals surface area contributed by atoms with Crippen LogP contribution in [0.5, 0.6) is 0 Å². The van der Waals surface area contributed by atoms with E-state index in [9.17, 15) is 29.4 Å². The fourth-order valence-corrected chi connectivity index (χ4v) is 1.71. The van der Waals surface area contributed by atoms with Gasteiger partial charge >= 0.3 is 43.8 Å². The fraction of sp³-hybridized carbons (Fsp3) is 0.733. The van der Waals surface area contributed by atoms with Gasteiger partial charge in [0.25, 0.3) is 0 Å². The molecule has 11 heteroatoms. The molecule has 0 aliphatic carbocycles. The number of aliphatic carboxylic acids is 2. The molecule has 0 bridgehead atoms. The SMILES string of the molecule is CC(C)(C)OC(=O)NCCCC[C@H](NC(=O)CCC(=O)[O-])C(=O)[O-].[Li+].[Li+]. The maximum Gasteiger partial charge on any atom is 1.00 e. The average Bonchev–Trinajstić information content (AvgIpc) is 2.41. The summed E-state index contributed by atoms with van der Waals surface area (Å²) in [6.07, 6.45) is -0.394. The number of carboxylic acid groups (broad SMARTS) is 2. The second-order valence-corrected chi connectivity index (χ2v) is 6.24. The van der Waals surface area contributed by atoms with E-state index in [1.807, 2.05) is 0 Å². The standard InChI is InChI=1S/C15H26N2O7.2Li/c1-15(2,3)24-14(23)16-9-5-4-6-10(13(21)22)17-11(18)7-8-12(19)20;;/h10H,4-9H2,1-3H3,(H,16,23)(H,17,18)(H,19,20)(H,21,22);;/q;2*+1/p-2/t10-;;/m0../s1. The third-order valence-electron chi connectivity index (χ3n) is 2.76. The minimum absolute atomic E-state index is 0. The quantitative estimate of drug-likeness (QED) is 0.291. The van der Waals surface area contributed by atoms with Crippen molar-refractivity contribution in [3.05, 3.63) is 0 Å². The van der Waals surface area contributed by atoms with Crippen LogP contribution in [0.4, 0.5) is 4.79 Å². The Morgan fingerprint density at radius 1 is 1.00 bits per heavy atom. The van der Waals surface area contributed by atoms with Crippen molar-refractivity contribution in [2.75, 3.05) is 6.54 Å². The van der Waals surface area contributed by atoms with E-state index in [1.165, 1.54) is 0 Å². The van der Waals surface area contributed by atoms with Crippen LogP contribution in [0.3, 0.4) is 0 Å². The molecule has 0 aromatic heterocycles. The number of hydrogen-bond acceptors (Lipinski definition) is 7. The Hall–Kier alpha value is -1.13. The summed E-state index contributed by atoms with van der Waals surface area (Å²) < 4.78 is 5.04. The number of carboxylic acids is 2. The average molecular weight is 358 g/mol. The first-order valence-electron chi connectivity index (χ1n) is 7.68. The summed E-state index contributed by atoms with van der Waals surface area (Å²) >= 11 is 0. The molecule has 0 aliphatic rings. The van der Waals surface area contributed by atoms with E-state index < -0.39 is 42.0 Å². The molecule has 2 N–H and O–H groups in total. The molecule has 0 aliphatic heterocycles. The van der Waals surface area contributed by atoms with Crippen molar-refractivity contribution in [3.8, 4) is 0 Å². The molecule has 2 amide bonds. The molecule has 0 unspecified atom stereocenters. The predicted octanol–water partition coefficient (Wildman–Crippen LogP) is -7.55. The summed E-state index contributed by atoms with van der Waals surface area (Å²) in [6.45, 7) is 5.51. The van der Waals surface area contributed by atoms with E-state index in [-0.39, 0.29) is 50.6 Å². The van der Waals surface area contributed by atoms with Crippen LogP contribution < -0.4 is 58.6 Å². The Kier molecular flexibility index (Phi) is 17.1. The van der Waals surface area contributed by atoms with Gasteiger partial charge in [-0.05, 0) is 46.5 Å². The van der Waals surface area contributed by atoms with Gasteiger partial charge in [0.15, 0.2) is 0 Å². The van der Waals surface area contributed by atoms with E-state index in [4.69, 9.17) is 4.74 Å². The van der Waals surface area contributed by atoms with E-state index in [2.05, 4.69) is 10.6 Å². The second-order valence-electron chi connectivity index (χ2n) is 6.24. The van der Waals surface area contributed by atoms with Crippen LogP contribution >= 0.6 is 0 Å². The van der Waals surface area contributed by atoms with Gasteiger partial charge < -0.3 is 35.2 Å². The third-order valence-corrected chi connectivity index (χ3v) is 2.76. The summed E-state index contributed by atoms with van der Waals surface area (Å²) in [7, 11) is 0. The van der Waals surface area contributed by atoms with Gasteiger partial charge in [-0.2, -0.15) is 0 Å². The molecule has 0 heterocycles. The fourth-order valence-electron chi connectivity index (χ4n) is 1.71. The summed E-state index contributed by atoms with van der Waals surface area (Å²) in [5, 5.41) is 25.9. The molecule has 0 rings (SSSR count). The molecule has 0 fully saturated rings. The molecule has 0 aromatic rings. The summed E-state index contributed by atoms with van der Waals surface area (Å²) in [4.78, 5) is 44.0. The van der Waals surface area contributed by atoms with Crippen molar-refractivity contribution in [1.82, 2.24) is 10.6 Å². The molecule has 0 radical (unpaired) electrons. The van der Waals surface area contributed by atoms with Gasteiger partial charge in [-0.1, -0.05) is 0 Å². The Bertz CT molecular complexity index is 467. The van der Waals surface area contributed by atoms with E-state index in [0.29, 0.717) is 19.4 Å². The van der Waals surface area contributed by atoms with Crippen molar-refractivity contribution in [2.45, 2.75) is 64.5 Å². The minimum atomic E-state index is -1.45. The molecular formula is C15H24Li2N2O7. The molecular weight excluding hydrogens is 334 g/mol. The van der Waals surface area contributed by atoms with Crippen LogP contribution in [0.1, 0.15) is 52.9 Å². The largest absolute Gasteiger partial charge is 1.00 e. The smallest absolute Gasteiger partial charge is 0.550 e. The Morgan fingerprint density at radius 2 is 1.58 bits per heavy atom. The van der Waals surface area contributed by atoms with Gasteiger partial charge in [-0.25, -0.2) is 4.79 Å². The Morgan fingerprint density at radius 3 is 2.04 bits per heavy atom. The first kappa shape index (κ1) is 29.6. The van der Waals surface area contributed by atoms with Gasteiger partial charge in [0.2, 0.25) is 5.91 Å². The minimum Gasteiger partial charge on any atom is -0.550 e. The van der Waals surface area contributed by atoms with Crippen molar-refractivity contribution in [3.63, 3.8) is 0 Å². The van der Waals surface area contributed by atoms with Gasteiger partial charge in [0.05, 0.1) is 12.0 Å². The topological polar surface area (TPSA) is 148 Å². The number of alkyl carbamates (subject to hydrolysis) is 1. The molecule has 9 nitrogen and oxygen atoms in total. The van der Waals surface area contributed by atoms with Crippen LogP contribution in [-0.4, -0.2) is 42.1 Å². The van der Waals surface area contributed by atoms with Gasteiger partial charge in [0.1, 0.15) is 5.60 Å². The van der Waals surface area contributed by atoms with Crippen LogP contribution in [0.25, 0.3) is 0 Å². The number of rotatable bonds is 10.